The molecule has 1 amide bonds. The number of aromatic amines is 1. The third-order valence-electron chi connectivity index (χ3n) is 6.20. The lowest BCUT2D eigenvalue weighted by molar-refractivity contribution is -0.126. The molecule has 4 rings (SSSR count). The normalized spacial score (nSPS) is 15.3. The summed E-state index contributed by atoms with van der Waals surface area (Å²) < 4.78 is 27.4. The SMILES string of the molecule is CCN(Cc1nc2ccccc2c(=O)[nH]1)C(=O)/C=C/c1ccc(S(=O)(=O)N2CCCCCC2)cc1. The summed E-state index contributed by atoms with van der Waals surface area (Å²) in [6.45, 7) is 3.58. The number of hydrogen-bond donors (Lipinski definition) is 1. The van der Waals surface area contributed by atoms with Gasteiger partial charge < -0.3 is 9.88 Å². The summed E-state index contributed by atoms with van der Waals surface area (Å²) in [6.07, 6.45) is 7.00. The number of H-pyrrole nitrogens is 1. The predicted octanol–water partition coefficient (Wildman–Crippen LogP) is 3.55. The van der Waals surface area contributed by atoms with Gasteiger partial charge in [0.2, 0.25) is 15.9 Å². The Hall–Kier alpha value is -3.30. The van der Waals surface area contributed by atoms with Crippen molar-refractivity contribution in [3.63, 3.8) is 0 Å². The van der Waals surface area contributed by atoms with Crippen LogP contribution in [0.5, 0.6) is 0 Å². The summed E-state index contributed by atoms with van der Waals surface area (Å²) in [7, 11) is -3.51. The summed E-state index contributed by atoms with van der Waals surface area (Å²) in [5.74, 6) is 0.185. The van der Waals surface area contributed by atoms with Gasteiger partial charge in [-0.05, 0) is 55.7 Å². The standard InChI is InChI=1S/C26H30N4O4S/c1-2-29(19-24-27-23-10-6-5-9-22(23)26(32)28-24)25(31)16-13-20-11-14-21(15-12-20)35(33,34)30-17-7-3-4-8-18-30/h5-6,9-16H,2-4,7-8,17-19H2,1H3,(H,27,28,32)/b16-13+. The highest BCUT2D eigenvalue weighted by Gasteiger charge is 2.24. The molecule has 1 aliphatic rings. The first-order valence-corrected chi connectivity index (χ1v) is 13.4. The molecule has 1 saturated heterocycles. The van der Waals surface area contributed by atoms with E-state index in [4.69, 9.17) is 0 Å². The van der Waals surface area contributed by atoms with Crippen LogP contribution in [0.15, 0.2) is 64.3 Å². The third-order valence-corrected chi connectivity index (χ3v) is 8.11. The topological polar surface area (TPSA) is 103 Å². The Bertz CT molecular complexity index is 1370. The number of carbonyl (C=O) groups excluding carboxylic acids is 1. The molecule has 1 aromatic heterocycles. The first-order chi connectivity index (χ1) is 16.9. The number of likely N-dealkylation sites (N-methyl/N-ethyl adjacent to an activating group) is 1. The van der Waals surface area contributed by atoms with Gasteiger partial charge in [-0.3, -0.25) is 9.59 Å². The molecule has 0 spiro atoms. The van der Waals surface area contributed by atoms with Gasteiger partial charge in [0.25, 0.3) is 5.56 Å². The number of sulfonamides is 1. The van der Waals surface area contributed by atoms with E-state index in [1.807, 2.05) is 13.0 Å². The summed E-state index contributed by atoms with van der Waals surface area (Å²) >= 11 is 0. The van der Waals surface area contributed by atoms with Gasteiger partial charge in [-0.15, -0.1) is 0 Å². The number of para-hydroxylation sites is 1. The predicted molar refractivity (Wildman–Crippen MR) is 136 cm³/mol. The number of nitrogens with one attached hydrogen (secondary N) is 1. The van der Waals surface area contributed by atoms with Crippen LogP contribution in [0.1, 0.15) is 44.0 Å². The lowest BCUT2D eigenvalue weighted by atomic mass is 10.2. The number of aromatic nitrogens is 2. The van der Waals surface area contributed by atoms with E-state index in [1.165, 1.54) is 6.08 Å². The monoisotopic (exact) mass is 494 g/mol. The minimum absolute atomic E-state index is 0.173. The molecular weight excluding hydrogens is 464 g/mol. The smallest absolute Gasteiger partial charge is 0.258 e. The zero-order valence-electron chi connectivity index (χ0n) is 19.8. The Balaban J connectivity index is 1.44. The van der Waals surface area contributed by atoms with Gasteiger partial charge in [-0.25, -0.2) is 13.4 Å². The Morgan fingerprint density at radius 3 is 2.43 bits per heavy atom. The van der Waals surface area contributed by atoms with Crippen molar-refractivity contribution in [1.82, 2.24) is 19.2 Å². The lowest BCUT2D eigenvalue weighted by Gasteiger charge is -2.20. The van der Waals surface area contributed by atoms with Gasteiger partial charge in [0.1, 0.15) is 5.82 Å². The van der Waals surface area contributed by atoms with E-state index in [9.17, 15) is 18.0 Å². The molecule has 0 unspecified atom stereocenters. The third kappa shape index (κ3) is 5.86. The van der Waals surface area contributed by atoms with Gasteiger partial charge in [-0.2, -0.15) is 4.31 Å². The molecule has 0 saturated carbocycles. The first-order valence-electron chi connectivity index (χ1n) is 11.9. The Labute approximate surface area is 205 Å². The van der Waals surface area contributed by atoms with Gasteiger partial charge in [0.05, 0.1) is 22.3 Å². The van der Waals surface area contributed by atoms with Crippen LogP contribution in [0.25, 0.3) is 17.0 Å². The molecule has 35 heavy (non-hydrogen) atoms. The number of rotatable bonds is 7. The maximum atomic E-state index is 12.9. The minimum atomic E-state index is -3.51. The summed E-state index contributed by atoms with van der Waals surface area (Å²) in [5.41, 5.74) is 1.07. The van der Waals surface area contributed by atoms with Crippen molar-refractivity contribution in [2.24, 2.45) is 0 Å². The molecule has 1 aliphatic heterocycles. The van der Waals surface area contributed by atoms with E-state index in [1.54, 1.807) is 57.7 Å². The average Bonchev–Trinajstić information content (AvgIpc) is 3.16. The molecule has 2 heterocycles. The maximum absolute atomic E-state index is 12.9. The molecule has 2 aromatic carbocycles. The molecule has 1 fully saturated rings. The molecular formula is C26H30N4O4S. The molecule has 9 heteroatoms. The largest absolute Gasteiger partial charge is 0.332 e. The fraction of sp³-hybridized carbons (Fsp3) is 0.346. The van der Waals surface area contributed by atoms with Crippen molar-refractivity contribution < 1.29 is 13.2 Å². The molecule has 0 radical (unpaired) electrons. The Morgan fingerprint density at radius 1 is 1.06 bits per heavy atom. The van der Waals surface area contributed by atoms with Gasteiger partial charge in [0.15, 0.2) is 0 Å². The van der Waals surface area contributed by atoms with Crippen molar-refractivity contribution in [2.75, 3.05) is 19.6 Å². The molecule has 0 atom stereocenters. The quantitative estimate of drug-likeness (QED) is 0.506. The van der Waals surface area contributed by atoms with Crippen molar-refractivity contribution >= 4 is 32.9 Å². The van der Waals surface area contributed by atoms with Crippen molar-refractivity contribution in [1.29, 1.82) is 0 Å². The lowest BCUT2D eigenvalue weighted by Crippen LogP contribution is -2.31. The van der Waals surface area contributed by atoms with E-state index in [-0.39, 0.29) is 22.9 Å². The van der Waals surface area contributed by atoms with E-state index in [0.29, 0.717) is 36.4 Å². The fourth-order valence-electron chi connectivity index (χ4n) is 4.19. The first kappa shape index (κ1) is 24.8. The Kier molecular flexibility index (Phi) is 7.77. The van der Waals surface area contributed by atoms with E-state index in [2.05, 4.69) is 9.97 Å². The fourth-order valence-corrected chi connectivity index (χ4v) is 5.71. The van der Waals surface area contributed by atoms with Gasteiger partial charge in [0, 0.05) is 25.7 Å². The minimum Gasteiger partial charge on any atom is -0.332 e. The summed E-state index contributed by atoms with van der Waals surface area (Å²) in [5, 5.41) is 0.506. The van der Waals surface area contributed by atoms with Crippen LogP contribution in [0, 0.1) is 0 Å². The van der Waals surface area contributed by atoms with E-state index < -0.39 is 10.0 Å². The molecule has 1 N–H and O–H groups in total. The van der Waals surface area contributed by atoms with Crippen LogP contribution in [-0.4, -0.2) is 53.1 Å². The zero-order chi connectivity index (χ0) is 24.8. The highest BCUT2D eigenvalue weighted by atomic mass is 32.2. The number of hydrogen-bond acceptors (Lipinski definition) is 5. The zero-order valence-corrected chi connectivity index (χ0v) is 20.6. The van der Waals surface area contributed by atoms with Crippen LogP contribution in [0.4, 0.5) is 0 Å². The number of carbonyl (C=O) groups is 1. The number of fused-ring (bicyclic) bond motifs is 1. The number of amides is 1. The highest BCUT2D eigenvalue weighted by molar-refractivity contribution is 7.89. The number of nitrogens with zero attached hydrogens (tertiary/aromatic N) is 3. The summed E-state index contributed by atoms with van der Waals surface area (Å²) in [6, 6.07) is 13.7. The van der Waals surface area contributed by atoms with Gasteiger partial charge in [-0.1, -0.05) is 37.1 Å². The van der Waals surface area contributed by atoms with Crippen LogP contribution in [0.3, 0.4) is 0 Å². The Morgan fingerprint density at radius 2 is 1.74 bits per heavy atom. The van der Waals surface area contributed by atoms with Crippen molar-refractivity contribution in [3.8, 4) is 0 Å². The molecule has 3 aromatic rings. The second kappa shape index (κ2) is 11.0. The highest BCUT2D eigenvalue weighted by Crippen LogP contribution is 2.21. The average molecular weight is 495 g/mol. The molecule has 184 valence electrons. The molecule has 0 aliphatic carbocycles. The van der Waals surface area contributed by atoms with Crippen LogP contribution < -0.4 is 5.56 Å². The second-order valence-corrected chi connectivity index (χ2v) is 10.5. The summed E-state index contributed by atoms with van der Waals surface area (Å²) in [4.78, 5) is 34.1. The van der Waals surface area contributed by atoms with E-state index >= 15 is 0 Å². The van der Waals surface area contributed by atoms with E-state index in [0.717, 1.165) is 31.2 Å². The van der Waals surface area contributed by atoms with Crippen molar-refractivity contribution in [3.05, 3.63) is 76.3 Å². The van der Waals surface area contributed by atoms with Crippen molar-refractivity contribution in [2.45, 2.75) is 44.0 Å². The van der Waals surface area contributed by atoms with Crippen LogP contribution >= 0.6 is 0 Å². The van der Waals surface area contributed by atoms with Crippen LogP contribution in [0.2, 0.25) is 0 Å². The molecule has 8 nitrogen and oxygen atoms in total. The van der Waals surface area contributed by atoms with Crippen LogP contribution in [-0.2, 0) is 21.4 Å². The maximum Gasteiger partial charge on any atom is 0.258 e. The number of benzene rings is 2. The second-order valence-electron chi connectivity index (χ2n) is 8.60. The van der Waals surface area contributed by atoms with Gasteiger partial charge >= 0.3 is 0 Å². The molecule has 0 bridgehead atoms.